The molecule has 2 N–H and O–H groups in total. The summed E-state index contributed by atoms with van der Waals surface area (Å²) in [6.45, 7) is 2.66. The monoisotopic (exact) mass is 492 g/mol. The van der Waals surface area contributed by atoms with Crippen molar-refractivity contribution in [1.29, 1.82) is 0 Å². The average Bonchev–Trinajstić information content (AvgIpc) is 3.53. The maximum absolute atomic E-state index is 14.6. The maximum Gasteiger partial charge on any atom is 0.229 e. The highest BCUT2D eigenvalue weighted by Crippen LogP contribution is 2.27. The molecule has 0 unspecified atom stereocenters. The molecule has 5 aromatic rings. The van der Waals surface area contributed by atoms with Crippen molar-refractivity contribution in [1.82, 2.24) is 29.5 Å². The third kappa shape index (κ3) is 3.94. The van der Waals surface area contributed by atoms with Gasteiger partial charge in [-0.1, -0.05) is 6.07 Å². The molecule has 1 aliphatic heterocycles. The summed E-state index contributed by atoms with van der Waals surface area (Å²) in [5.41, 5.74) is 2.39. The van der Waals surface area contributed by atoms with Crippen molar-refractivity contribution in [2.75, 3.05) is 43.6 Å². The Hall–Kier alpha value is -4.32. The molecule has 3 aromatic heterocycles. The van der Waals surface area contributed by atoms with Crippen LogP contribution < -0.4 is 15.0 Å². The van der Waals surface area contributed by atoms with Crippen molar-refractivity contribution in [3.8, 4) is 11.4 Å². The molecule has 1 aliphatic rings. The molecular weight excluding hydrogens is 470 g/mol. The minimum Gasteiger partial charge on any atom is -0.494 e. The van der Waals surface area contributed by atoms with Crippen LogP contribution >= 0.6 is 0 Å². The van der Waals surface area contributed by atoms with Gasteiger partial charge in [0.25, 0.3) is 0 Å². The molecule has 184 valence electrons. The van der Waals surface area contributed by atoms with Crippen LogP contribution in [-0.4, -0.2) is 62.9 Å². The number of halogens is 2. The van der Waals surface area contributed by atoms with Crippen molar-refractivity contribution >= 4 is 34.0 Å². The fraction of sp³-hybridized carbons (Fsp3) is 0.250. The van der Waals surface area contributed by atoms with Gasteiger partial charge in [0.05, 0.1) is 38.1 Å². The second-order valence-corrected chi connectivity index (χ2v) is 8.25. The standard InChI is InChI=1S/C24H22F2N8O2/c1-35-17-6-5-16-20(19(17)26)30-18(29-16)12-27-22-21-23(32-24(31-22)33-7-9-36-10-8-33)34(13-28-21)15-4-2-3-14(25)11-15/h2-6,11,13H,7-10,12H2,1H3,(H,29,30)(H,27,31,32). The summed E-state index contributed by atoms with van der Waals surface area (Å²) in [5, 5.41) is 3.26. The van der Waals surface area contributed by atoms with E-state index in [1.807, 2.05) is 4.90 Å². The van der Waals surface area contributed by atoms with Crippen LogP contribution in [0.1, 0.15) is 5.82 Å². The summed E-state index contributed by atoms with van der Waals surface area (Å²) in [7, 11) is 1.41. The lowest BCUT2D eigenvalue weighted by molar-refractivity contribution is 0.122. The lowest BCUT2D eigenvalue weighted by Gasteiger charge is -2.27. The number of anilines is 2. The van der Waals surface area contributed by atoms with Crippen molar-refractivity contribution in [2.45, 2.75) is 6.54 Å². The number of nitrogens with one attached hydrogen (secondary N) is 2. The summed E-state index contributed by atoms with van der Waals surface area (Å²) >= 11 is 0. The average molecular weight is 492 g/mol. The summed E-state index contributed by atoms with van der Waals surface area (Å²) in [6.07, 6.45) is 1.59. The maximum atomic E-state index is 14.6. The van der Waals surface area contributed by atoms with Crippen LogP contribution in [0.15, 0.2) is 42.7 Å². The quantitative estimate of drug-likeness (QED) is 0.372. The molecular formula is C24H22F2N8O2. The molecule has 2 aromatic carbocycles. The van der Waals surface area contributed by atoms with Gasteiger partial charge in [0, 0.05) is 13.1 Å². The number of hydrogen-bond donors (Lipinski definition) is 2. The number of nitrogens with zero attached hydrogens (tertiary/aromatic N) is 6. The fourth-order valence-electron chi connectivity index (χ4n) is 4.21. The minimum atomic E-state index is -0.523. The second kappa shape index (κ2) is 9.04. The van der Waals surface area contributed by atoms with Crippen molar-refractivity contribution in [3.63, 3.8) is 0 Å². The predicted molar refractivity (Wildman–Crippen MR) is 130 cm³/mol. The van der Waals surface area contributed by atoms with Gasteiger partial charge in [0.1, 0.15) is 23.5 Å². The van der Waals surface area contributed by atoms with E-state index in [0.717, 1.165) is 0 Å². The molecule has 1 fully saturated rings. The lowest BCUT2D eigenvalue weighted by atomic mass is 10.3. The van der Waals surface area contributed by atoms with Crippen molar-refractivity contribution in [3.05, 3.63) is 60.2 Å². The van der Waals surface area contributed by atoms with Crippen LogP contribution in [0.25, 0.3) is 27.9 Å². The normalized spacial score (nSPS) is 14.0. The number of rotatable bonds is 6. The van der Waals surface area contributed by atoms with Gasteiger partial charge in [-0.2, -0.15) is 9.97 Å². The molecule has 4 heterocycles. The Kier molecular flexibility index (Phi) is 5.56. The van der Waals surface area contributed by atoms with E-state index < -0.39 is 5.82 Å². The summed E-state index contributed by atoms with van der Waals surface area (Å²) in [4.78, 5) is 23.5. The third-order valence-electron chi connectivity index (χ3n) is 6.01. The molecule has 36 heavy (non-hydrogen) atoms. The van der Waals surface area contributed by atoms with E-state index in [0.29, 0.717) is 66.3 Å². The molecule has 1 saturated heterocycles. The first-order valence-corrected chi connectivity index (χ1v) is 11.4. The van der Waals surface area contributed by atoms with Crippen molar-refractivity contribution in [2.24, 2.45) is 0 Å². The summed E-state index contributed by atoms with van der Waals surface area (Å²) < 4.78 is 40.8. The highest BCUT2D eigenvalue weighted by atomic mass is 19.1. The SMILES string of the molecule is COc1ccc2[nH]c(CNc3nc(N4CCOCC4)nc4c3ncn4-c3cccc(F)c3)nc2c1F. The molecule has 0 saturated carbocycles. The van der Waals surface area contributed by atoms with Gasteiger partial charge >= 0.3 is 0 Å². The summed E-state index contributed by atoms with van der Waals surface area (Å²) in [6, 6.07) is 9.49. The van der Waals surface area contributed by atoms with Gasteiger partial charge in [-0.3, -0.25) is 4.57 Å². The van der Waals surface area contributed by atoms with Gasteiger partial charge in [0.2, 0.25) is 5.95 Å². The Bertz CT molecular complexity index is 1560. The number of benzene rings is 2. The first-order valence-electron chi connectivity index (χ1n) is 11.4. The van der Waals surface area contributed by atoms with Gasteiger partial charge in [0.15, 0.2) is 28.5 Å². The van der Waals surface area contributed by atoms with Crippen LogP contribution in [0, 0.1) is 11.6 Å². The van der Waals surface area contributed by atoms with E-state index in [1.165, 1.54) is 19.2 Å². The minimum absolute atomic E-state index is 0.129. The number of hydrogen-bond acceptors (Lipinski definition) is 8. The van der Waals surface area contributed by atoms with Gasteiger partial charge < -0.3 is 24.7 Å². The first-order chi connectivity index (χ1) is 17.6. The van der Waals surface area contributed by atoms with Crippen LogP contribution in [0.3, 0.4) is 0 Å². The second-order valence-electron chi connectivity index (χ2n) is 8.25. The number of aromatic amines is 1. The molecule has 12 heteroatoms. The van der Waals surface area contributed by atoms with E-state index in [1.54, 1.807) is 35.2 Å². The molecule has 0 aliphatic carbocycles. The topological polar surface area (TPSA) is 106 Å². The predicted octanol–water partition coefficient (Wildman–Crippen LogP) is 3.43. The highest BCUT2D eigenvalue weighted by Gasteiger charge is 2.20. The van der Waals surface area contributed by atoms with Gasteiger partial charge in [-0.25, -0.2) is 18.7 Å². The molecule has 0 amide bonds. The Morgan fingerprint density at radius 1 is 1.08 bits per heavy atom. The van der Waals surface area contributed by atoms with E-state index in [9.17, 15) is 8.78 Å². The molecule has 6 rings (SSSR count). The van der Waals surface area contributed by atoms with E-state index in [4.69, 9.17) is 19.4 Å². The van der Waals surface area contributed by atoms with Crippen LogP contribution in [0.2, 0.25) is 0 Å². The van der Waals surface area contributed by atoms with Crippen LogP contribution in [0.4, 0.5) is 20.5 Å². The Labute approximate surface area is 203 Å². The Morgan fingerprint density at radius 2 is 1.94 bits per heavy atom. The van der Waals surface area contributed by atoms with E-state index >= 15 is 0 Å². The fourth-order valence-corrected chi connectivity index (χ4v) is 4.21. The third-order valence-corrected chi connectivity index (χ3v) is 6.01. The van der Waals surface area contributed by atoms with Crippen LogP contribution in [0.5, 0.6) is 5.75 Å². The van der Waals surface area contributed by atoms with E-state index in [-0.39, 0.29) is 23.6 Å². The van der Waals surface area contributed by atoms with Crippen LogP contribution in [-0.2, 0) is 11.3 Å². The molecule has 0 bridgehead atoms. The number of aromatic nitrogens is 6. The van der Waals surface area contributed by atoms with Gasteiger partial charge in [-0.15, -0.1) is 0 Å². The number of morpholine rings is 1. The largest absolute Gasteiger partial charge is 0.494 e. The van der Waals surface area contributed by atoms with Gasteiger partial charge in [-0.05, 0) is 30.3 Å². The summed E-state index contributed by atoms with van der Waals surface area (Å²) in [5.74, 6) is 0.752. The zero-order chi connectivity index (χ0) is 24.6. The van der Waals surface area contributed by atoms with E-state index in [2.05, 4.69) is 20.3 Å². The lowest BCUT2D eigenvalue weighted by Crippen LogP contribution is -2.37. The van der Waals surface area contributed by atoms with Crippen molar-refractivity contribution < 1.29 is 18.3 Å². The number of H-pyrrole nitrogens is 1. The molecule has 0 spiro atoms. The number of methoxy groups -OCH3 is 1. The highest BCUT2D eigenvalue weighted by molar-refractivity contribution is 5.85. The smallest absolute Gasteiger partial charge is 0.229 e. The molecule has 10 nitrogen and oxygen atoms in total. The number of fused-ring (bicyclic) bond motifs is 2. The number of ether oxygens (including phenoxy) is 2. The molecule has 0 atom stereocenters. The number of imidazole rings is 2. The first kappa shape index (κ1) is 22.2. The zero-order valence-electron chi connectivity index (χ0n) is 19.3. The Morgan fingerprint density at radius 3 is 2.75 bits per heavy atom. The Balaban J connectivity index is 1.39. The molecule has 0 radical (unpaired) electrons. The zero-order valence-corrected chi connectivity index (χ0v) is 19.3.